The van der Waals surface area contributed by atoms with Crippen molar-refractivity contribution < 1.29 is 24.5 Å². The van der Waals surface area contributed by atoms with Crippen molar-refractivity contribution in [3.63, 3.8) is 0 Å². The molecular formula is C16H14Br2N2O5. The highest BCUT2D eigenvalue weighted by atomic mass is 79.9. The van der Waals surface area contributed by atoms with Gasteiger partial charge >= 0.3 is 0 Å². The Morgan fingerprint density at radius 1 is 1.28 bits per heavy atom. The quantitative estimate of drug-likeness (QED) is 0.442. The van der Waals surface area contributed by atoms with Gasteiger partial charge in [0.15, 0.2) is 18.1 Å². The monoisotopic (exact) mass is 472 g/mol. The summed E-state index contributed by atoms with van der Waals surface area (Å²) >= 11 is 6.68. The average molecular weight is 474 g/mol. The molecule has 0 saturated carbocycles. The lowest BCUT2D eigenvalue weighted by atomic mass is 10.2. The fourth-order valence-electron chi connectivity index (χ4n) is 1.81. The SMILES string of the molecule is COc1cc(Br)cc(Br)c1OCC(=O)N/N=C/c1ccc(O)cc1O. The summed E-state index contributed by atoms with van der Waals surface area (Å²) in [7, 11) is 1.50. The van der Waals surface area contributed by atoms with Crippen molar-refractivity contribution in [1.29, 1.82) is 0 Å². The molecular weight excluding hydrogens is 460 g/mol. The van der Waals surface area contributed by atoms with E-state index in [1.807, 2.05) is 0 Å². The molecule has 7 nitrogen and oxygen atoms in total. The lowest BCUT2D eigenvalue weighted by Crippen LogP contribution is -2.24. The van der Waals surface area contributed by atoms with Crippen molar-refractivity contribution in [3.05, 3.63) is 44.8 Å². The predicted molar refractivity (Wildman–Crippen MR) is 99.4 cm³/mol. The Hall–Kier alpha value is -2.26. The van der Waals surface area contributed by atoms with Crippen LogP contribution in [0.2, 0.25) is 0 Å². The van der Waals surface area contributed by atoms with Gasteiger partial charge in [-0.2, -0.15) is 5.10 Å². The molecule has 9 heteroatoms. The molecule has 0 fully saturated rings. The standard InChI is InChI=1S/C16H14Br2N2O5/c1-24-14-5-10(17)4-12(18)16(14)25-8-15(23)20-19-7-9-2-3-11(21)6-13(9)22/h2-7,21-22H,8H2,1H3,(H,20,23)/b19-7+. The van der Waals surface area contributed by atoms with Crippen molar-refractivity contribution in [3.8, 4) is 23.0 Å². The number of carbonyl (C=O) groups excluding carboxylic acids is 1. The molecule has 0 heterocycles. The predicted octanol–water partition coefficient (Wildman–Crippen LogP) is 3.16. The molecule has 0 bridgehead atoms. The van der Waals surface area contributed by atoms with Crippen molar-refractivity contribution >= 4 is 44.0 Å². The molecule has 3 N–H and O–H groups in total. The summed E-state index contributed by atoms with van der Waals surface area (Å²) in [5.74, 6) is 0.137. The molecule has 1 amide bonds. The van der Waals surface area contributed by atoms with E-state index in [0.717, 1.165) is 4.47 Å². The zero-order valence-electron chi connectivity index (χ0n) is 13.0. The Morgan fingerprint density at radius 3 is 2.72 bits per heavy atom. The van der Waals surface area contributed by atoms with Gasteiger partial charge in [0.2, 0.25) is 0 Å². The molecule has 0 aliphatic rings. The highest BCUT2D eigenvalue weighted by molar-refractivity contribution is 9.11. The van der Waals surface area contributed by atoms with Crippen LogP contribution in [0.5, 0.6) is 23.0 Å². The van der Waals surface area contributed by atoms with Gasteiger partial charge in [0.1, 0.15) is 11.5 Å². The zero-order chi connectivity index (χ0) is 18.4. The van der Waals surface area contributed by atoms with E-state index in [0.29, 0.717) is 21.5 Å². The van der Waals surface area contributed by atoms with Crippen LogP contribution in [-0.4, -0.2) is 36.1 Å². The summed E-state index contributed by atoms with van der Waals surface area (Å²) in [6.45, 7) is -0.282. The Labute approximate surface area is 160 Å². The number of hydrogen-bond acceptors (Lipinski definition) is 6. The molecule has 2 aromatic carbocycles. The summed E-state index contributed by atoms with van der Waals surface area (Å²) in [4.78, 5) is 11.8. The maximum Gasteiger partial charge on any atom is 0.277 e. The molecule has 132 valence electrons. The highest BCUT2D eigenvalue weighted by Gasteiger charge is 2.12. The first kappa shape index (κ1) is 19.1. The first-order chi connectivity index (χ1) is 11.9. The van der Waals surface area contributed by atoms with E-state index in [9.17, 15) is 15.0 Å². The third kappa shape index (κ3) is 5.36. The minimum Gasteiger partial charge on any atom is -0.508 e. The minimum absolute atomic E-state index is 0.0684. The fourth-order valence-corrected chi connectivity index (χ4v) is 3.11. The van der Waals surface area contributed by atoms with Crippen LogP contribution in [0.1, 0.15) is 5.56 Å². The molecule has 25 heavy (non-hydrogen) atoms. The van der Waals surface area contributed by atoms with Crippen molar-refractivity contribution in [2.24, 2.45) is 5.10 Å². The maximum absolute atomic E-state index is 11.8. The largest absolute Gasteiger partial charge is 0.508 e. The highest BCUT2D eigenvalue weighted by Crippen LogP contribution is 2.38. The number of phenols is 2. The minimum atomic E-state index is -0.494. The number of carbonyl (C=O) groups is 1. The number of hydrogen-bond donors (Lipinski definition) is 3. The van der Waals surface area contributed by atoms with E-state index in [2.05, 4.69) is 42.4 Å². The van der Waals surface area contributed by atoms with E-state index < -0.39 is 5.91 Å². The number of hydrazone groups is 1. The number of phenolic OH excluding ortho intramolecular Hbond substituents is 2. The van der Waals surface area contributed by atoms with E-state index in [1.54, 1.807) is 12.1 Å². The summed E-state index contributed by atoms with van der Waals surface area (Å²) < 4.78 is 12.1. The van der Waals surface area contributed by atoms with Crippen LogP contribution in [0, 0.1) is 0 Å². The Kier molecular flexibility index (Phi) is 6.65. The second-order valence-electron chi connectivity index (χ2n) is 4.74. The second-order valence-corrected chi connectivity index (χ2v) is 6.51. The molecule has 0 radical (unpaired) electrons. The molecule has 0 spiro atoms. The summed E-state index contributed by atoms with van der Waals surface area (Å²) in [6, 6.07) is 7.50. The first-order valence-corrected chi connectivity index (χ1v) is 8.49. The van der Waals surface area contributed by atoms with Crippen LogP contribution < -0.4 is 14.9 Å². The van der Waals surface area contributed by atoms with E-state index in [4.69, 9.17) is 9.47 Å². The molecule has 0 atom stereocenters. The number of benzene rings is 2. The molecule has 0 saturated heterocycles. The van der Waals surface area contributed by atoms with Gasteiger partial charge in [0.25, 0.3) is 5.91 Å². The van der Waals surface area contributed by atoms with Gasteiger partial charge in [-0.1, -0.05) is 15.9 Å². The molecule has 0 aliphatic carbocycles. The van der Waals surface area contributed by atoms with Gasteiger partial charge in [-0.15, -0.1) is 0 Å². The number of ether oxygens (including phenoxy) is 2. The fraction of sp³-hybridized carbons (Fsp3) is 0.125. The second kappa shape index (κ2) is 8.72. The van der Waals surface area contributed by atoms with Gasteiger partial charge in [0.05, 0.1) is 17.8 Å². The number of halogens is 2. The average Bonchev–Trinajstić information content (AvgIpc) is 2.55. The molecule has 0 unspecified atom stereocenters. The van der Waals surface area contributed by atoms with Crippen LogP contribution in [0.3, 0.4) is 0 Å². The van der Waals surface area contributed by atoms with Crippen LogP contribution in [-0.2, 0) is 4.79 Å². The van der Waals surface area contributed by atoms with Crippen LogP contribution in [0.4, 0.5) is 0 Å². The van der Waals surface area contributed by atoms with E-state index in [1.165, 1.54) is 31.5 Å². The lowest BCUT2D eigenvalue weighted by Gasteiger charge is -2.12. The van der Waals surface area contributed by atoms with E-state index in [-0.39, 0.29) is 18.1 Å². The van der Waals surface area contributed by atoms with Gasteiger partial charge in [-0.25, -0.2) is 5.43 Å². The number of aromatic hydroxyl groups is 2. The van der Waals surface area contributed by atoms with Crippen molar-refractivity contribution in [2.75, 3.05) is 13.7 Å². The normalized spacial score (nSPS) is 10.7. The Balaban J connectivity index is 1.94. The van der Waals surface area contributed by atoms with Gasteiger partial charge in [-0.3, -0.25) is 4.79 Å². The third-order valence-corrected chi connectivity index (χ3v) is 4.00. The van der Waals surface area contributed by atoms with Crippen LogP contribution in [0.15, 0.2) is 44.4 Å². The number of rotatable bonds is 6. The summed E-state index contributed by atoms with van der Waals surface area (Å²) in [5.41, 5.74) is 2.62. The number of nitrogens with one attached hydrogen (secondary N) is 1. The van der Waals surface area contributed by atoms with Gasteiger partial charge in [-0.05, 0) is 40.2 Å². The van der Waals surface area contributed by atoms with Gasteiger partial charge in [0, 0.05) is 16.1 Å². The number of nitrogens with zero attached hydrogens (tertiary/aromatic N) is 1. The third-order valence-electron chi connectivity index (χ3n) is 2.95. The Morgan fingerprint density at radius 2 is 2.04 bits per heavy atom. The molecule has 0 aliphatic heterocycles. The van der Waals surface area contributed by atoms with Crippen molar-refractivity contribution in [1.82, 2.24) is 5.43 Å². The smallest absolute Gasteiger partial charge is 0.277 e. The van der Waals surface area contributed by atoms with Gasteiger partial charge < -0.3 is 19.7 Å². The first-order valence-electron chi connectivity index (χ1n) is 6.90. The lowest BCUT2D eigenvalue weighted by molar-refractivity contribution is -0.123. The molecule has 2 rings (SSSR count). The number of amides is 1. The molecule has 2 aromatic rings. The topological polar surface area (TPSA) is 100 Å². The number of methoxy groups -OCH3 is 1. The summed E-state index contributed by atoms with van der Waals surface area (Å²) in [5, 5.41) is 22.5. The van der Waals surface area contributed by atoms with Crippen LogP contribution in [0.25, 0.3) is 0 Å². The maximum atomic E-state index is 11.8. The summed E-state index contributed by atoms with van der Waals surface area (Å²) in [6.07, 6.45) is 1.25. The van der Waals surface area contributed by atoms with E-state index >= 15 is 0 Å². The zero-order valence-corrected chi connectivity index (χ0v) is 16.2. The Bertz CT molecular complexity index is 811. The molecule has 0 aromatic heterocycles. The van der Waals surface area contributed by atoms with Crippen LogP contribution >= 0.6 is 31.9 Å². The van der Waals surface area contributed by atoms with Crippen molar-refractivity contribution in [2.45, 2.75) is 0 Å².